The minimum Gasteiger partial charge on any atom is -0.442 e. The quantitative estimate of drug-likeness (QED) is 0.170. The normalized spacial score (nSPS) is 31.0. The number of aliphatic hydroxyl groups excluding tert-OH is 1. The van der Waals surface area contributed by atoms with Crippen LogP contribution in [0.25, 0.3) is 22.1 Å². The average molecular weight is 764 g/mol. The standard InChI is InChI=1S/C18H20ClN3O2.C12H18O3.C6H3ClN3.CH4.K/c1-10-6-18(7-10)8-12(13-14(18)24-17(2,3)23-13)22-5-4-11-15(19)20-9-21-16(11)22;1-7-4-12(5-7)6-8(13)9-10(12)15-11(2,3)14-9;7-5-4-1-2-8-6(4)10-3-9-5;;/h4-5,9,12-14H,1,6-8H2,2-3H3;8-10,13H,1,4-6H2,2-3H3;1-3H;1H4;/q;;-1;;+1/t12-,13+,14+;8-,9-,10-;;;/m10.../s1. The summed E-state index contributed by atoms with van der Waals surface area (Å²) in [6, 6.07) is 3.96. The van der Waals surface area contributed by atoms with Gasteiger partial charge >= 0.3 is 51.4 Å². The first-order valence-electron chi connectivity index (χ1n) is 16.8. The van der Waals surface area contributed by atoms with Gasteiger partial charge in [0.2, 0.25) is 0 Å². The maximum atomic E-state index is 9.98. The van der Waals surface area contributed by atoms with Crippen molar-refractivity contribution in [2.75, 3.05) is 0 Å². The summed E-state index contributed by atoms with van der Waals surface area (Å²) in [6.07, 6.45) is 12.2. The fourth-order valence-electron chi connectivity index (χ4n) is 9.22. The molecule has 6 aliphatic rings. The van der Waals surface area contributed by atoms with Crippen molar-refractivity contribution in [3.63, 3.8) is 0 Å². The van der Waals surface area contributed by atoms with E-state index < -0.39 is 11.6 Å². The Morgan fingerprint density at radius 3 is 1.94 bits per heavy atom. The Morgan fingerprint density at radius 1 is 0.784 bits per heavy atom. The van der Waals surface area contributed by atoms with Gasteiger partial charge in [-0.05, 0) is 77.9 Å². The third kappa shape index (κ3) is 6.95. The molecule has 2 aliphatic heterocycles. The number of aliphatic hydroxyl groups is 1. The van der Waals surface area contributed by atoms with Gasteiger partial charge in [0.25, 0.3) is 0 Å². The van der Waals surface area contributed by atoms with Crippen LogP contribution in [-0.2, 0) is 18.9 Å². The van der Waals surface area contributed by atoms with Crippen molar-refractivity contribution >= 4 is 45.3 Å². The van der Waals surface area contributed by atoms with Crippen molar-refractivity contribution in [3.05, 3.63) is 71.8 Å². The van der Waals surface area contributed by atoms with Gasteiger partial charge in [0.15, 0.2) is 11.6 Å². The van der Waals surface area contributed by atoms with E-state index in [1.807, 2.05) is 40.0 Å². The minimum atomic E-state index is -0.548. The molecule has 0 radical (unpaired) electrons. The average Bonchev–Trinajstić information content (AvgIpc) is 3.83. The third-order valence-electron chi connectivity index (χ3n) is 10.9. The molecule has 0 amide bonds. The molecule has 268 valence electrons. The van der Waals surface area contributed by atoms with Crippen LogP contribution in [0.15, 0.2) is 61.5 Å². The molecule has 0 unspecified atom stereocenters. The van der Waals surface area contributed by atoms with Crippen LogP contribution >= 0.6 is 23.2 Å². The number of halogens is 2. The van der Waals surface area contributed by atoms with Gasteiger partial charge in [-0.25, -0.2) is 15.0 Å². The van der Waals surface area contributed by atoms with Crippen molar-refractivity contribution in [1.29, 1.82) is 0 Å². The van der Waals surface area contributed by atoms with Gasteiger partial charge in [-0.3, -0.25) is 0 Å². The van der Waals surface area contributed by atoms with Gasteiger partial charge in [0, 0.05) is 28.7 Å². The molecule has 11 nitrogen and oxygen atoms in total. The Morgan fingerprint density at radius 2 is 1.33 bits per heavy atom. The Hall–Kier alpha value is -1.26. The molecule has 6 fully saturated rings. The third-order valence-corrected chi connectivity index (χ3v) is 11.5. The van der Waals surface area contributed by atoms with Crippen LogP contribution in [0.4, 0.5) is 0 Å². The van der Waals surface area contributed by atoms with Gasteiger partial charge in [-0.15, -0.1) is 0 Å². The maximum absolute atomic E-state index is 9.98. The van der Waals surface area contributed by atoms with E-state index in [-0.39, 0.29) is 106 Å². The number of hydrogen-bond donors (Lipinski definition) is 1. The summed E-state index contributed by atoms with van der Waals surface area (Å²) in [5.74, 6) is -1.09. The zero-order valence-corrected chi connectivity index (χ0v) is 33.7. The van der Waals surface area contributed by atoms with Crippen molar-refractivity contribution in [1.82, 2.24) is 29.5 Å². The topological polar surface area (TPSA) is 128 Å². The Balaban J connectivity index is 0.000000142. The van der Waals surface area contributed by atoms with Crippen LogP contribution in [0.5, 0.6) is 0 Å². The molecule has 14 heteroatoms. The van der Waals surface area contributed by atoms with Crippen LogP contribution < -0.4 is 56.4 Å². The SMILES string of the molecule is C.C=C1CC2(C1)C[C@@H](n1ccc3c(Cl)ncnc31)[C@@H]1OC(C)(C)O[C@@H]12.C=C1CC2(C1)C[C@H](O)[C@@H]1OC(C)(C)O[C@@H]12.Clc1ncnc2[n-]ccc12.[K+]. The second-order valence-corrected chi connectivity index (χ2v) is 16.2. The molecule has 0 bridgehead atoms. The summed E-state index contributed by atoms with van der Waals surface area (Å²) >= 11 is 11.9. The molecule has 4 aliphatic carbocycles. The first-order chi connectivity index (χ1) is 23.2. The zero-order valence-electron chi connectivity index (χ0n) is 29.1. The van der Waals surface area contributed by atoms with E-state index in [1.165, 1.54) is 23.8 Å². The largest absolute Gasteiger partial charge is 1.00 e. The van der Waals surface area contributed by atoms with Gasteiger partial charge in [0.1, 0.15) is 34.5 Å². The Labute approximate surface area is 351 Å². The molecule has 2 saturated heterocycles. The molecule has 6 atom stereocenters. The van der Waals surface area contributed by atoms with Crippen LogP contribution in [0.2, 0.25) is 10.3 Å². The maximum Gasteiger partial charge on any atom is 1.00 e. The van der Waals surface area contributed by atoms with Crippen molar-refractivity contribution in [2.24, 2.45) is 10.8 Å². The van der Waals surface area contributed by atoms with Crippen molar-refractivity contribution < 1.29 is 75.4 Å². The summed E-state index contributed by atoms with van der Waals surface area (Å²) < 4.78 is 26.5. The van der Waals surface area contributed by atoms with Gasteiger partial charge in [0.05, 0.1) is 29.7 Å². The Kier molecular flexibility index (Phi) is 10.9. The van der Waals surface area contributed by atoms with E-state index in [0.29, 0.717) is 16.0 Å². The van der Waals surface area contributed by atoms with E-state index in [1.54, 1.807) is 12.3 Å². The predicted molar refractivity (Wildman–Crippen MR) is 191 cm³/mol. The summed E-state index contributed by atoms with van der Waals surface area (Å²) in [5, 5.41) is 12.6. The zero-order chi connectivity index (χ0) is 34.5. The predicted octanol–water partition coefficient (Wildman–Crippen LogP) is 4.37. The Bertz CT molecular complexity index is 1950. The molecule has 10 rings (SSSR count). The van der Waals surface area contributed by atoms with E-state index in [2.05, 4.69) is 42.6 Å². The molecule has 4 aromatic rings. The van der Waals surface area contributed by atoms with E-state index in [0.717, 1.165) is 54.9 Å². The summed E-state index contributed by atoms with van der Waals surface area (Å²) in [4.78, 5) is 20.2. The van der Waals surface area contributed by atoms with E-state index >= 15 is 0 Å². The number of fused-ring (bicyclic) bond motifs is 6. The van der Waals surface area contributed by atoms with Crippen molar-refractivity contribution in [3.8, 4) is 0 Å². The molecule has 4 saturated carbocycles. The fraction of sp³-hybridized carbons (Fsp3) is 0.568. The first kappa shape index (κ1) is 39.4. The molecule has 0 aromatic carbocycles. The summed E-state index contributed by atoms with van der Waals surface area (Å²) in [7, 11) is 0. The molecule has 1 N–H and O–H groups in total. The number of aromatic nitrogens is 6. The number of allylic oxidation sites excluding steroid dienone is 2. The second kappa shape index (κ2) is 14.1. The van der Waals surface area contributed by atoms with Gasteiger partial charge < -0.3 is 38.6 Å². The molecule has 2 spiro atoms. The molecular formula is C37H45Cl2KN6O5. The minimum absolute atomic E-state index is 0. The monoisotopic (exact) mass is 762 g/mol. The van der Waals surface area contributed by atoms with Gasteiger partial charge in [-0.2, -0.15) is 0 Å². The first-order valence-corrected chi connectivity index (χ1v) is 17.5. The van der Waals surface area contributed by atoms with Crippen LogP contribution in [-0.4, -0.2) is 71.7 Å². The number of nitrogens with zero attached hydrogens (tertiary/aromatic N) is 6. The summed E-state index contributed by atoms with van der Waals surface area (Å²) in [6.45, 7) is 15.9. The van der Waals surface area contributed by atoms with E-state index in [9.17, 15) is 5.11 Å². The number of rotatable bonds is 1. The number of hydrogen-bond acceptors (Lipinski definition) is 9. The van der Waals surface area contributed by atoms with E-state index in [4.69, 9.17) is 42.1 Å². The van der Waals surface area contributed by atoms with Gasteiger partial charge in [-0.1, -0.05) is 67.2 Å². The van der Waals surface area contributed by atoms with Crippen LogP contribution in [0, 0.1) is 10.8 Å². The molecule has 51 heavy (non-hydrogen) atoms. The molecule has 6 heterocycles. The summed E-state index contributed by atoms with van der Waals surface area (Å²) in [5.41, 5.74) is 4.37. The molecule has 4 aromatic heterocycles. The smallest absolute Gasteiger partial charge is 0.442 e. The van der Waals surface area contributed by atoms with Crippen molar-refractivity contribution in [2.45, 2.75) is 122 Å². The fourth-order valence-corrected chi connectivity index (χ4v) is 9.61. The molecular weight excluding hydrogens is 718 g/mol. The number of ether oxygens (including phenoxy) is 4. The second-order valence-electron chi connectivity index (χ2n) is 15.5. The van der Waals surface area contributed by atoms with Crippen LogP contribution in [0.1, 0.15) is 79.7 Å². The van der Waals surface area contributed by atoms with Crippen LogP contribution in [0.3, 0.4) is 0 Å².